The molecule has 98 valence electrons. The van der Waals surface area contributed by atoms with E-state index in [4.69, 9.17) is 9.47 Å². The molecule has 1 aromatic carbocycles. The fraction of sp³-hybridized carbons (Fsp3) is 0.214. The molecule has 0 aromatic heterocycles. The Labute approximate surface area is 109 Å². The zero-order valence-corrected chi connectivity index (χ0v) is 10.5. The fourth-order valence-electron chi connectivity index (χ4n) is 1.92. The zero-order valence-electron chi connectivity index (χ0n) is 10.5. The van der Waals surface area contributed by atoms with E-state index in [1.807, 2.05) is 0 Å². The summed E-state index contributed by atoms with van der Waals surface area (Å²) in [4.78, 5) is 34.7. The number of benzene rings is 1. The van der Waals surface area contributed by atoms with Crippen LogP contribution in [0.25, 0.3) is 6.08 Å². The quantitative estimate of drug-likeness (QED) is 0.598. The minimum absolute atomic E-state index is 0.340. The lowest BCUT2D eigenvalue weighted by Gasteiger charge is -2.30. The topological polar surface area (TPSA) is 69.7 Å². The first-order valence-corrected chi connectivity index (χ1v) is 5.67. The summed E-state index contributed by atoms with van der Waals surface area (Å²) < 4.78 is 9.88. The van der Waals surface area contributed by atoms with E-state index in [-0.39, 0.29) is 0 Å². The predicted octanol–water partition coefficient (Wildman–Crippen LogP) is 1.72. The summed E-state index contributed by atoms with van der Waals surface area (Å²) in [5.74, 6) is -3.99. The van der Waals surface area contributed by atoms with Gasteiger partial charge in [0.1, 0.15) is 0 Å². The van der Waals surface area contributed by atoms with Gasteiger partial charge in [-0.15, -0.1) is 0 Å². The van der Waals surface area contributed by atoms with Crippen LogP contribution in [-0.4, -0.2) is 23.5 Å². The van der Waals surface area contributed by atoms with Gasteiger partial charge in [0.05, 0.1) is 0 Å². The molecule has 0 unspecified atom stereocenters. The number of ketones is 1. The highest BCUT2D eigenvalue weighted by molar-refractivity contribution is 6.09. The molecule has 0 amide bonds. The van der Waals surface area contributed by atoms with Crippen LogP contribution in [0.3, 0.4) is 0 Å². The van der Waals surface area contributed by atoms with Gasteiger partial charge in [0, 0.05) is 25.5 Å². The third-order valence-corrected chi connectivity index (χ3v) is 2.59. The van der Waals surface area contributed by atoms with Crippen molar-refractivity contribution in [3.8, 4) is 0 Å². The second-order valence-electron chi connectivity index (χ2n) is 4.10. The van der Waals surface area contributed by atoms with Crippen LogP contribution in [0, 0.1) is 0 Å². The summed E-state index contributed by atoms with van der Waals surface area (Å²) in [6.07, 6.45) is 2.86. The molecule has 2 rings (SSSR count). The van der Waals surface area contributed by atoms with E-state index in [0.717, 1.165) is 13.8 Å². The number of hydrogen-bond donors (Lipinski definition) is 0. The van der Waals surface area contributed by atoms with Crippen LogP contribution in [0.4, 0.5) is 0 Å². The predicted molar refractivity (Wildman–Crippen MR) is 66.1 cm³/mol. The van der Waals surface area contributed by atoms with Crippen molar-refractivity contribution in [2.24, 2.45) is 0 Å². The lowest BCUT2D eigenvalue weighted by molar-refractivity contribution is -0.194. The van der Waals surface area contributed by atoms with Gasteiger partial charge in [0.2, 0.25) is 0 Å². The SMILES string of the molecule is CC(=O)OC1(OC(C)=O)C=Cc2ccccc2C1=O. The first-order chi connectivity index (χ1) is 8.94. The standard InChI is InChI=1S/C14H12O5/c1-9(15)18-14(19-10(2)16)8-7-11-5-3-4-6-12(11)13(14)17/h3-8H,1-2H3. The summed E-state index contributed by atoms with van der Waals surface area (Å²) >= 11 is 0. The fourth-order valence-corrected chi connectivity index (χ4v) is 1.92. The molecule has 5 nitrogen and oxygen atoms in total. The number of Topliss-reactive ketones (excluding diaryl/α,β-unsaturated/α-hetero) is 1. The minimum atomic E-state index is -1.99. The Hall–Kier alpha value is -2.43. The second-order valence-corrected chi connectivity index (χ2v) is 4.10. The van der Waals surface area contributed by atoms with E-state index in [2.05, 4.69) is 0 Å². The molecule has 0 saturated carbocycles. The Bertz CT molecular complexity index is 569. The van der Waals surface area contributed by atoms with Crippen LogP contribution in [0.15, 0.2) is 30.3 Å². The molecule has 0 atom stereocenters. The lowest BCUT2D eigenvalue weighted by atomic mass is 9.92. The number of ether oxygens (including phenoxy) is 2. The van der Waals surface area contributed by atoms with E-state index in [9.17, 15) is 14.4 Å². The van der Waals surface area contributed by atoms with Gasteiger partial charge in [-0.2, -0.15) is 0 Å². The van der Waals surface area contributed by atoms with Gasteiger partial charge in [-0.1, -0.05) is 30.3 Å². The molecule has 1 aliphatic rings. The van der Waals surface area contributed by atoms with Crippen molar-refractivity contribution in [1.82, 2.24) is 0 Å². The third-order valence-electron chi connectivity index (χ3n) is 2.59. The average Bonchev–Trinajstić information content (AvgIpc) is 2.33. The Kier molecular flexibility index (Phi) is 3.21. The Morgan fingerprint density at radius 1 is 1.05 bits per heavy atom. The molecule has 0 aliphatic heterocycles. The van der Waals surface area contributed by atoms with Crippen LogP contribution in [0.1, 0.15) is 29.8 Å². The largest absolute Gasteiger partial charge is 0.411 e. The van der Waals surface area contributed by atoms with E-state index in [1.165, 1.54) is 6.08 Å². The highest BCUT2D eigenvalue weighted by Crippen LogP contribution is 2.30. The highest BCUT2D eigenvalue weighted by atomic mass is 16.7. The van der Waals surface area contributed by atoms with E-state index < -0.39 is 23.5 Å². The molecular weight excluding hydrogens is 248 g/mol. The summed E-state index contributed by atoms with van der Waals surface area (Å²) in [6.45, 7) is 2.29. The number of fused-ring (bicyclic) bond motifs is 1. The first-order valence-electron chi connectivity index (χ1n) is 5.67. The van der Waals surface area contributed by atoms with Crippen molar-refractivity contribution in [1.29, 1.82) is 0 Å². The van der Waals surface area contributed by atoms with E-state index in [0.29, 0.717) is 11.1 Å². The van der Waals surface area contributed by atoms with Crippen molar-refractivity contribution in [2.45, 2.75) is 19.6 Å². The molecule has 5 heteroatoms. The van der Waals surface area contributed by atoms with Gasteiger partial charge in [0.25, 0.3) is 5.78 Å². The van der Waals surface area contributed by atoms with Gasteiger partial charge in [-0.3, -0.25) is 14.4 Å². The van der Waals surface area contributed by atoms with Gasteiger partial charge in [0.15, 0.2) is 0 Å². The van der Waals surface area contributed by atoms with E-state index >= 15 is 0 Å². The summed E-state index contributed by atoms with van der Waals surface area (Å²) in [6, 6.07) is 6.79. The summed E-state index contributed by atoms with van der Waals surface area (Å²) in [5, 5.41) is 0. The smallest absolute Gasteiger partial charge is 0.341 e. The van der Waals surface area contributed by atoms with Crippen molar-refractivity contribution in [3.63, 3.8) is 0 Å². The lowest BCUT2D eigenvalue weighted by Crippen LogP contribution is -2.46. The Morgan fingerprint density at radius 2 is 1.63 bits per heavy atom. The second kappa shape index (κ2) is 4.68. The molecule has 0 radical (unpaired) electrons. The maximum absolute atomic E-state index is 12.4. The maximum atomic E-state index is 12.4. The molecule has 19 heavy (non-hydrogen) atoms. The van der Waals surface area contributed by atoms with Crippen LogP contribution in [0.5, 0.6) is 0 Å². The monoisotopic (exact) mass is 260 g/mol. The van der Waals surface area contributed by atoms with Gasteiger partial charge in [-0.05, 0) is 5.56 Å². The first kappa shape index (κ1) is 13.0. The van der Waals surface area contributed by atoms with Gasteiger partial charge < -0.3 is 9.47 Å². The maximum Gasteiger partial charge on any atom is 0.341 e. The summed E-state index contributed by atoms with van der Waals surface area (Å²) in [7, 11) is 0. The molecule has 0 fully saturated rings. The number of esters is 2. The van der Waals surface area contributed by atoms with Crippen LogP contribution < -0.4 is 0 Å². The van der Waals surface area contributed by atoms with Crippen LogP contribution in [-0.2, 0) is 19.1 Å². The molecular formula is C14H12O5. The van der Waals surface area contributed by atoms with Crippen molar-refractivity contribution in [2.75, 3.05) is 0 Å². The molecule has 0 bridgehead atoms. The number of hydrogen-bond acceptors (Lipinski definition) is 5. The Balaban J connectivity index is 2.50. The van der Waals surface area contributed by atoms with E-state index in [1.54, 1.807) is 30.3 Å². The van der Waals surface area contributed by atoms with Gasteiger partial charge in [-0.25, -0.2) is 0 Å². The molecule has 0 spiro atoms. The average molecular weight is 260 g/mol. The van der Waals surface area contributed by atoms with Crippen molar-refractivity contribution < 1.29 is 23.9 Å². The molecule has 0 saturated heterocycles. The van der Waals surface area contributed by atoms with Crippen LogP contribution >= 0.6 is 0 Å². The molecule has 0 heterocycles. The third kappa shape index (κ3) is 2.40. The van der Waals surface area contributed by atoms with Gasteiger partial charge >= 0.3 is 17.7 Å². The molecule has 1 aromatic rings. The minimum Gasteiger partial charge on any atom is -0.411 e. The van der Waals surface area contributed by atoms with Crippen molar-refractivity contribution in [3.05, 3.63) is 41.5 Å². The number of carbonyl (C=O) groups is 3. The molecule has 0 N–H and O–H groups in total. The highest BCUT2D eigenvalue weighted by Gasteiger charge is 2.46. The summed E-state index contributed by atoms with van der Waals surface area (Å²) in [5.41, 5.74) is 1.02. The molecule has 1 aliphatic carbocycles. The Morgan fingerprint density at radius 3 is 2.21 bits per heavy atom. The van der Waals surface area contributed by atoms with Crippen LogP contribution in [0.2, 0.25) is 0 Å². The number of rotatable bonds is 2. The van der Waals surface area contributed by atoms with Crippen molar-refractivity contribution >= 4 is 23.8 Å². The zero-order chi connectivity index (χ0) is 14.0. The normalized spacial score (nSPS) is 15.6. The number of carbonyl (C=O) groups excluding carboxylic acids is 3.